The first-order valence-corrected chi connectivity index (χ1v) is 8.86. The summed E-state index contributed by atoms with van der Waals surface area (Å²) in [5, 5.41) is 2.69. The molecule has 0 unspecified atom stereocenters. The molecule has 0 aliphatic heterocycles. The molecule has 1 atom stereocenters. The van der Waals surface area contributed by atoms with Crippen molar-refractivity contribution < 1.29 is 23.8 Å². The van der Waals surface area contributed by atoms with E-state index in [0.29, 0.717) is 17.2 Å². The molecule has 1 amide bonds. The third-order valence-corrected chi connectivity index (χ3v) is 3.89. The van der Waals surface area contributed by atoms with Gasteiger partial charge in [-0.05, 0) is 43.7 Å². The maximum absolute atomic E-state index is 12.1. The number of methoxy groups -OCH3 is 1. The molecule has 7 nitrogen and oxygen atoms in total. The topological polar surface area (TPSA) is 86.8 Å². The van der Waals surface area contributed by atoms with Crippen molar-refractivity contribution in [3.8, 4) is 11.5 Å². The maximum atomic E-state index is 12.1. The van der Waals surface area contributed by atoms with E-state index in [1.54, 1.807) is 24.3 Å². The van der Waals surface area contributed by atoms with Gasteiger partial charge in [-0.2, -0.15) is 0 Å². The number of benzene rings is 1. The fourth-order valence-electron chi connectivity index (χ4n) is 2.23. The Morgan fingerprint density at radius 2 is 2.07 bits per heavy atom. The number of hydrogen-bond acceptors (Lipinski definition) is 6. The molecule has 0 saturated carbocycles. The van der Waals surface area contributed by atoms with Crippen LogP contribution in [0.1, 0.15) is 19.4 Å². The highest BCUT2D eigenvalue weighted by atomic mass is 35.5. The van der Waals surface area contributed by atoms with Gasteiger partial charge in [0.1, 0.15) is 0 Å². The molecule has 0 saturated heterocycles. The van der Waals surface area contributed by atoms with Gasteiger partial charge >= 0.3 is 5.97 Å². The maximum Gasteiger partial charge on any atom is 0.344 e. The Kier molecular flexibility index (Phi) is 7.83. The predicted molar refractivity (Wildman–Crippen MR) is 107 cm³/mol. The normalized spacial score (nSPS) is 11.7. The van der Waals surface area contributed by atoms with Gasteiger partial charge in [0.25, 0.3) is 5.91 Å². The van der Waals surface area contributed by atoms with Crippen molar-refractivity contribution in [1.29, 1.82) is 0 Å². The van der Waals surface area contributed by atoms with Gasteiger partial charge in [-0.1, -0.05) is 29.8 Å². The standard InChI is InChI=1S/C20H21ClN2O5/c1-4-6-14-8-9-16(17(11-14)26-3)27-12-18(24)28-13(2)20(25)23-15-7-5-10-22-19(15)21/h4-11,13H,12H2,1-3H3,(H,23,25)/b6-4+/t13-/m0/s1. The molecule has 0 radical (unpaired) electrons. The zero-order valence-corrected chi connectivity index (χ0v) is 16.5. The third kappa shape index (κ3) is 5.99. The highest BCUT2D eigenvalue weighted by Crippen LogP contribution is 2.28. The van der Waals surface area contributed by atoms with E-state index in [0.717, 1.165) is 5.56 Å². The first-order valence-electron chi connectivity index (χ1n) is 8.49. The average molecular weight is 405 g/mol. The second-order valence-electron chi connectivity index (χ2n) is 5.66. The molecule has 0 aliphatic rings. The lowest BCUT2D eigenvalue weighted by molar-refractivity contribution is -0.155. The van der Waals surface area contributed by atoms with Gasteiger partial charge in [-0.3, -0.25) is 4.79 Å². The molecule has 0 fully saturated rings. The van der Waals surface area contributed by atoms with Crippen molar-refractivity contribution in [2.24, 2.45) is 0 Å². The van der Waals surface area contributed by atoms with Crippen LogP contribution in [-0.4, -0.2) is 36.7 Å². The smallest absolute Gasteiger partial charge is 0.344 e. The Balaban J connectivity index is 1.89. The number of pyridine rings is 1. The van der Waals surface area contributed by atoms with Crippen LogP contribution in [0.2, 0.25) is 5.15 Å². The number of halogens is 1. The van der Waals surface area contributed by atoms with E-state index < -0.39 is 18.0 Å². The molecule has 1 aromatic heterocycles. The summed E-state index contributed by atoms with van der Waals surface area (Å²) in [6.45, 7) is 2.99. The Morgan fingerprint density at radius 3 is 2.75 bits per heavy atom. The van der Waals surface area contributed by atoms with Crippen LogP contribution in [0.3, 0.4) is 0 Å². The van der Waals surface area contributed by atoms with Crippen LogP contribution in [0, 0.1) is 0 Å². The van der Waals surface area contributed by atoms with Gasteiger partial charge in [0.2, 0.25) is 0 Å². The van der Waals surface area contributed by atoms with Gasteiger partial charge in [-0.25, -0.2) is 9.78 Å². The Labute approximate surface area is 168 Å². The van der Waals surface area contributed by atoms with Crippen molar-refractivity contribution >= 4 is 35.2 Å². The molecule has 148 valence electrons. The van der Waals surface area contributed by atoms with Crippen molar-refractivity contribution in [3.63, 3.8) is 0 Å². The number of nitrogens with one attached hydrogen (secondary N) is 1. The molecule has 0 aliphatic carbocycles. The molecule has 1 N–H and O–H groups in total. The highest BCUT2D eigenvalue weighted by Gasteiger charge is 2.19. The van der Waals surface area contributed by atoms with Gasteiger partial charge in [0.05, 0.1) is 12.8 Å². The van der Waals surface area contributed by atoms with Crippen LogP contribution in [0.25, 0.3) is 6.08 Å². The van der Waals surface area contributed by atoms with E-state index in [4.69, 9.17) is 25.8 Å². The summed E-state index contributed by atoms with van der Waals surface area (Å²) in [7, 11) is 1.51. The van der Waals surface area contributed by atoms with Crippen molar-refractivity contribution in [2.75, 3.05) is 19.0 Å². The van der Waals surface area contributed by atoms with Crippen LogP contribution < -0.4 is 14.8 Å². The summed E-state index contributed by atoms with van der Waals surface area (Å²) in [6.07, 6.45) is 4.28. The lowest BCUT2D eigenvalue weighted by atomic mass is 10.2. The van der Waals surface area contributed by atoms with E-state index in [1.165, 1.54) is 20.2 Å². The van der Waals surface area contributed by atoms with E-state index in [9.17, 15) is 9.59 Å². The molecule has 2 rings (SSSR count). The number of ether oxygens (including phenoxy) is 3. The Morgan fingerprint density at radius 1 is 1.29 bits per heavy atom. The summed E-state index contributed by atoms with van der Waals surface area (Å²) in [6, 6.07) is 8.53. The zero-order valence-electron chi connectivity index (χ0n) is 15.8. The second-order valence-corrected chi connectivity index (χ2v) is 6.02. The third-order valence-electron chi connectivity index (χ3n) is 3.59. The SMILES string of the molecule is C/C=C/c1ccc(OCC(=O)O[C@@H](C)C(=O)Nc2cccnc2Cl)c(OC)c1. The predicted octanol–water partition coefficient (Wildman–Crippen LogP) is 3.73. The van der Waals surface area contributed by atoms with Crippen LogP contribution >= 0.6 is 11.6 Å². The van der Waals surface area contributed by atoms with Gasteiger partial charge in [0, 0.05) is 6.20 Å². The molecule has 0 bridgehead atoms. The molecule has 8 heteroatoms. The van der Waals surface area contributed by atoms with Gasteiger partial charge in [0.15, 0.2) is 29.4 Å². The number of carbonyl (C=O) groups is 2. The molecule has 1 aromatic carbocycles. The minimum atomic E-state index is -1.04. The number of hydrogen-bond donors (Lipinski definition) is 1. The summed E-state index contributed by atoms with van der Waals surface area (Å²) >= 11 is 5.89. The second kappa shape index (κ2) is 10.3. The number of amides is 1. The molecular weight excluding hydrogens is 384 g/mol. The van der Waals surface area contributed by atoms with Crippen LogP contribution in [0.4, 0.5) is 5.69 Å². The Bertz CT molecular complexity index is 869. The van der Waals surface area contributed by atoms with E-state index in [2.05, 4.69) is 10.3 Å². The lowest BCUT2D eigenvalue weighted by Gasteiger charge is -2.15. The monoisotopic (exact) mass is 404 g/mol. The van der Waals surface area contributed by atoms with Crippen LogP contribution in [0.15, 0.2) is 42.6 Å². The molecule has 1 heterocycles. The fourth-order valence-corrected chi connectivity index (χ4v) is 2.40. The van der Waals surface area contributed by atoms with Crippen molar-refractivity contribution in [2.45, 2.75) is 20.0 Å². The molecule has 28 heavy (non-hydrogen) atoms. The molecule has 2 aromatic rings. The zero-order chi connectivity index (χ0) is 20.5. The number of nitrogens with zero attached hydrogens (tertiary/aromatic N) is 1. The van der Waals surface area contributed by atoms with Gasteiger partial charge < -0.3 is 19.5 Å². The number of allylic oxidation sites excluding steroid dienone is 1. The number of anilines is 1. The summed E-state index contributed by atoms with van der Waals surface area (Å²) in [5.41, 5.74) is 1.27. The summed E-state index contributed by atoms with van der Waals surface area (Å²) in [5.74, 6) is -0.344. The average Bonchev–Trinajstić information content (AvgIpc) is 2.68. The van der Waals surface area contributed by atoms with E-state index in [1.807, 2.05) is 25.1 Å². The van der Waals surface area contributed by atoms with Crippen molar-refractivity contribution in [1.82, 2.24) is 4.98 Å². The quantitative estimate of drug-likeness (QED) is 0.533. The largest absolute Gasteiger partial charge is 0.493 e. The molecular formula is C20H21ClN2O5. The summed E-state index contributed by atoms with van der Waals surface area (Å²) in [4.78, 5) is 28.0. The summed E-state index contributed by atoms with van der Waals surface area (Å²) < 4.78 is 15.8. The minimum absolute atomic E-state index is 0.145. The van der Waals surface area contributed by atoms with E-state index >= 15 is 0 Å². The number of rotatable bonds is 8. The first kappa shape index (κ1) is 21.2. The molecule has 0 spiro atoms. The fraction of sp³-hybridized carbons (Fsp3) is 0.250. The minimum Gasteiger partial charge on any atom is -0.493 e. The van der Waals surface area contributed by atoms with Crippen molar-refractivity contribution in [3.05, 3.63) is 53.3 Å². The Hall–Kier alpha value is -3.06. The first-order chi connectivity index (χ1) is 13.4. The van der Waals surface area contributed by atoms with Crippen LogP contribution in [0.5, 0.6) is 11.5 Å². The van der Waals surface area contributed by atoms with Gasteiger partial charge in [-0.15, -0.1) is 0 Å². The number of aromatic nitrogens is 1. The van der Waals surface area contributed by atoms with Crippen LogP contribution in [-0.2, 0) is 14.3 Å². The van der Waals surface area contributed by atoms with E-state index in [-0.39, 0.29) is 11.8 Å². The lowest BCUT2D eigenvalue weighted by Crippen LogP contribution is -2.31. The number of esters is 1. The number of carbonyl (C=O) groups excluding carboxylic acids is 2. The highest BCUT2D eigenvalue weighted by molar-refractivity contribution is 6.32.